The summed E-state index contributed by atoms with van der Waals surface area (Å²) in [6.45, 7) is 3.97. The van der Waals surface area contributed by atoms with Crippen LogP contribution in [0.4, 0.5) is 11.6 Å². The number of aromatic nitrogens is 2. The first-order valence-corrected chi connectivity index (χ1v) is 8.20. The van der Waals surface area contributed by atoms with Crippen LogP contribution < -0.4 is 14.8 Å². The maximum atomic E-state index is 11.9. The van der Waals surface area contributed by atoms with Crippen molar-refractivity contribution in [2.24, 2.45) is 0 Å². The predicted octanol–water partition coefficient (Wildman–Crippen LogP) is 3.89. The third-order valence-corrected chi connectivity index (χ3v) is 3.70. The third-order valence-electron chi connectivity index (χ3n) is 3.70. The molecule has 0 spiro atoms. The topological polar surface area (TPSA) is 85.5 Å². The maximum Gasteiger partial charge on any atom is 0.341 e. The van der Waals surface area contributed by atoms with E-state index in [9.17, 15) is 4.79 Å². The Morgan fingerprint density at radius 3 is 2.50 bits per heavy atom. The summed E-state index contributed by atoms with van der Waals surface area (Å²) in [5.74, 6) is 1.32. The fourth-order valence-electron chi connectivity index (χ4n) is 2.56. The lowest BCUT2D eigenvalue weighted by molar-refractivity contribution is 0.0597. The van der Waals surface area contributed by atoms with Crippen LogP contribution in [-0.2, 0) is 4.74 Å². The molecule has 136 valence electrons. The third kappa shape index (κ3) is 3.72. The Labute approximate surface area is 151 Å². The van der Waals surface area contributed by atoms with E-state index >= 15 is 0 Å². The number of carbonyl (C=O) groups excluding carboxylic acids is 1. The second kappa shape index (κ2) is 7.35. The quantitative estimate of drug-likeness (QED) is 0.653. The van der Waals surface area contributed by atoms with Gasteiger partial charge in [0.1, 0.15) is 17.1 Å². The first-order valence-electron chi connectivity index (χ1n) is 8.20. The molecule has 0 unspecified atom stereocenters. The highest BCUT2D eigenvalue weighted by Crippen LogP contribution is 2.27. The van der Waals surface area contributed by atoms with Gasteiger partial charge in [-0.1, -0.05) is 0 Å². The van der Waals surface area contributed by atoms with Gasteiger partial charge in [0.2, 0.25) is 5.95 Å². The van der Waals surface area contributed by atoms with E-state index in [2.05, 4.69) is 15.3 Å². The molecule has 0 saturated heterocycles. The Morgan fingerprint density at radius 1 is 1.15 bits per heavy atom. The largest absolute Gasteiger partial charge is 0.496 e. The van der Waals surface area contributed by atoms with Crippen LogP contribution in [0, 0.1) is 0 Å². The summed E-state index contributed by atoms with van der Waals surface area (Å²) in [6.07, 6.45) is 0.128. The zero-order valence-electron chi connectivity index (χ0n) is 15.1. The second-order valence-electron chi connectivity index (χ2n) is 5.96. The number of hydrogen-bond acceptors (Lipinski definition) is 6. The predicted molar refractivity (Wildman–Crippen MR) is 99.5 cm³/mol. The van der Waals surface area contributed by atoms with Gasteiger partial charge in [-0.15, -0.1) is 0 Å². The van der Waals surface area contributed by atoms with Crippen LogP contribution in [-0.4, -0.2) is 36.3 Å². The molecule has 0 aliphatic rings. The van der Waals surface area contributed by atoms with Gasteiger partial charge < -0.3 is 24.5 Å². The fraction of sp³-hybridized carbons (Fsp3) is 0.263. The van der Waals surface area contributed by atoms with Crippen LogP contribution in [0.2, 0.25) is 0 Å². The number of aromatic amines is 1. The van der Waals surface area contributed by atoms with Crippen LogP contribution in [0.3, 0.4) is 0 Å². The van der Waals surface area contributed by atoms with E-state index in [4.69, 9.17) is 14.2 Å². The van der Waals surface area contributed by atoms with Gasteiger partial charge in [0.15, 0.2) is 0 Å². The van der Waals surface area contributed by atoms with Crippen molar-refractivity contribution in [2.45, 2.75) is 20.0 Å². The highest BCUT2D eigenvalue weighted by atomic mass is 16.5. The zero-order valence-corrected chi connectivity index (χ0v) is 15.1. The minimum absolute atomic E-state index is 0.128. The number of anilines is 2. The van der Waals surface area contributed by atoms with Crippen molar-refractivity contribution in [3.63, 3.8) is 0 Å². The van der Waals surface area contributed by atoms with E-state index in [1.165, 1.54) is 14.2 Å². The summed E-state index contributed by atoms with van der Waals surface area (Å²) in [6, 6.07) is 11.0. The van der Waals surface area contributed by atoms with Gasteiger partial charge in [-0.2, -0.15) is 0 Å². The number of ether oxygens (including phenoxy) is 3. The first-order chi connectivity index (χ1) is 12.5. The van der Waals surface area contributed by atoms with E-state index in [1.54, 1.807) is 12.1 Å². The molecule has 7 heteroatoms. The molecule has 1 heterocycles. The van der Waals surface area contributed by atoms with Crippen molar-refractivity contribution in [3.8, 4) is 11.5 Å². The number of nitrogens with one attached hydrogen (secondary N) is 2. The van der Waals surface area contributed by atoms with Crippen LogP contribution in [0.5, 0.6) is 11.5 Å². The Morgan fingerprint density at radius 2 is 1.88 bits per heavy atom. The van der Waals surface area contributed by atoms with Crippen molar-refractivity contribution in [3.05, 3.63) is 42.0 Å². The Bertz CT molecular complexity index is 916. The van der Waals surface area contributed by atoms with E-state index < -0.39 is 5.97 Å². The summed E-state index contributed by atoms with van der Waals surface area (Å²) in [4.78, 5) is 19.5. The van der Waals surface area contributed by atoms with Crippen molar-refractivity contribution >= 4 is 28.6 Å². The normalized spacial score (nSPS) is 10.8. The molecule has 0 saturated carbocycles. The Balaban J connectivity index is 1.86. The van der Waals surface area contributed by atoms with Gasteiger partial charge in [0, 0.05) is 11.8 Å². The van der Waals surface area contributed by atoms with Gasteiger partial charge in [0.05, 0.1) is 31.4 Å². The van der Waals surface area contributed by atoms with Crippen LogP contribution in [0.15, 0.2) is 36.4 Å². The van der Waals surface area contributed by atoms with E-state index in [0.29, 0.717) is 22.8 Å². The van der Waals surface area contributed by atoms with Crippen molar-refractivity contribution in [1.82, 2.24) is 9.97 Å². The second-order valence-corrected chi connectivity index (χ2v) is 5.96. The molecule has 0 radical (unpaired) electrons. The number of rotatable bonds is 6. The molecule has 0 bridgehead atoms. The Kier molecular flexibility index (Phi) is 4.97. The summed E-state index contributed by atoms with van der Waals surface area (Å²) in [5.41, 5.74) is 2.57. The molecule has 0 aliphatic carbocycles. The molecule has 1 aromatic heterocycles. The van der Waals surface area contributed by atoms with Crippen molar-refractivity contribution < 1.29 is 19.0 Å². The summed E-state index contributed by atoms with van der Waals surface area (Å²) in [5, 5.41) is 3.19. The summed E-state index contributed by atoms with van der Waals surface area (Å²) in [7, 11) is 2.83. The molecule has 2 aromatic carbocycles. The van der Waals surface area contributed by atoms with Crippen LogP contribution in [0.1, 0.15) is 24.2 Å². The average molecular weight is 355 g/mol. The molecule has 7 nitrogen and oxygen atoms in total. The lowest BCUT2D eigenvalue weighted by Gasteiger charge is -2.10. The zero-order chi connectivity index (χ0) is 18.7. The molecule has 0 amide bonds. The molecule has 0 fully saturated rings. The number of fused-ring (bicyclic) bond motifs is 1. The lowest BCUT2D eigenvalue weighted by Crippen LogP contribution is -2.05. The number of esters is 1. The molecule has 0 aliphatic heterocycles. The van der Waals surface area contributed by atoms with Gasteiger partial charge in [0.25, 0.3) is 0 Å². The van der Waals surface area contributed by atoms with Crippen LogP contribution in [0.25, 0.3) is 11.0 Å². The fourth-order valence-corrected chi connectivity index (χ4v) is 2.56. The minimum atomic E-state index is -0.470. The number of methoxy groups -OCH3 is 2. The molecule has 2 N–H and O–H groups in total. The monoisotopic (exact) mass is 355 g/mol. The Hall–Kier alpha value is -3.22. The van der Waals surface area contributed by atoms with E-state index in [1.807, 2.05) is 38.1 Å². The summed E-state index contributed by atoms with van der Waals surface area (Å²) < 4.78 is 15.7. The summed E-state index contributed by atoms with van der Waals surface area (Å²) >= 11 is 0. The molecule has 3 rings (SSSR count). The number of nitrogens with zero attached hydrogens (tertiary/aromatic N) is 1. The number of carbonyl (C=O) groups is 1. The number of benzene rings is 2. The van der Waals surface area contributed by atoms with E-state index in [0.717, 1.165) is 17.0 Å². The molecular weight excluding hydrogens is 334 g/mol. The highest BCUT2D eigenvalue weighted by molar-refractivity contribution is 5.97. The highest BCUT2D eigenvalue weighted by Gasteiger charge is 2.16. The van der Waals surface area contributed by atoms with Gasteiger partial charge in [-0.3, -0.25) is 0 Å². The van der Waals surface area contributed by atoms with Gasteiger partial charge >= 0.3 is 5.97 Å². The van der Waals surface area contributed by atoms with E-state index in [-0.39, 0.29) is 6.10 Å². The molecule has 26 heavy (non-hydrogen) atoms. The van der Waals surface area contributed by atoms with Gasteiger partial charge in [-0.05, 0) is 44.2 Å². The minimum Gasteiger partial charge on any atom is -0.496 e. The maximum absolute atomic E-state index is 11.9. The number of H-pyrrole nitrogens is 1. The first kappa shape index (κ1) is 17.6. The van der Waals surface area contributed by atoms with Crippen LogP contribution >= 0.6 is 0 Å². The SMILES string of the molecule is COC(=O)c1cc2nc(Nc3ccc(OC(C)C)cc3)[nH]c2cc1OC. The van der Waals surface area contributed by atoms with Crippen molar-refractivity contribution in [2.75, 3.05) is 19.5 Å². The molecule has 0 atom stereocenters. The average Bonchev–Trinajstić information content (AvgIpc) is 3.02. The molecular formula is C19H21N3O4. The number of hydrogen-bond donors (Lipinski definition) is 2. The number of imidazole rings is 1. The lowest BCUT2D eigenvalue weighted by atomic mass is 10.2. The van der Waals surface area contributed by atoms with Gasteiger partial charge in [-0.25, -0.2) is 9.78 Å². The smallest absolute Gasteiger partial charge is 0.341 e. The standard InChI is InChI=1S/C19H21N3O4/c1-11(2)26-13-7-5-12(6-8-13)20-19-21-15-9-14(18(23)25-4)17(24-3)10-16(15)22-19/h5-11H,1-4H3,(H2,20,21,22). The van der Waals surface area contributed by atoms with Crippen molar-refractivity contribution in [1.29, 1.82) is 0 Å². The molecule has 3 aromatic rings.